The molecule has 4 rings (SSSR count). The van der Waals surface area contributed by atoms with Crippen LogP contribution in [-0.2, 0) is 9.84 Å². The molecule has 2 aliphatic rings. The minimum absolute atomic E-state index is 0.0757. The Morgan fingerprint density at radius 3 is 2.54 bits per heavy atom. The van der Waals surface area contributed by atoms with Crippen molar-refractivity contribution in [2.45, 2.75) is 42.6 Å². The summed E-state index contributed by atoms with van der Waals surface area (Å²) in [6, 6.07) is 7.47. The van der Waals surface area contributed by atoms with Gasteiger partial charge in [-0.15, -0.1) is 0 Å². The van der Waals surface area contributed by atoms with Gasteiger partial charge < -0.3 is 9.88 Å². The van der Waals surface area contributed by atoms with E-state index >= 15 is 0 Å². The molecule has 2 fully saturated rings. The van der Waals surface area contributed by atoms with Crippen molar-refractivity contribution in [3.05, 3.63) is 36.0 Å². The van der Waals surface area contributed by atoms with Gasteiger partial charge in [0.25, 0.3) is 5.91 Å². The first kappa shape index (κ1) is 15.7. The second kappa shape index (κ2) is 5.92. The van der Waals surface area contributed by atoms with Crippen LogP contribution in [0.4, 0.5) is 0 Å². The third-order valence-corrected chi connectivity index (χ3v) is 8.04. The lowest BCUT2D eigenvalue weighted by Gasteiger charge is -2.40. The Morgan fingerprint density at radius 1 is 1.04 bits per heavy atom. The van der Waals surface area contributed by atoms with Crippen LogP contribution in [-0.4, -0.2) is 47.8 Å². The van der Waals surface area contributed by atoms with Crippen LogP contribution in [0.2, 0.25) is 0 Å². The predicted molar refractivity (Wildman–Crippen MR) is 93.8 cm³/mol. The highest BCUT2D eigenvalue weighted by Crippen LogP contribution is 2.30. The Morgan fingerprint density at radius 2 is 1.79 bits per heavy atom. The molecule has 0 radical (unpaired) electrons. The molecule has 1 aliphatic carbocycles. The summed E-state index contributed by atoms with van der Waals surface area (Å²) in [7, 11) is -3.10. The number of nitrogens with zero attached hydrogens (tertiary/aromatic N) is 1. The molecule has 24 heavy (non-hydrogen) atoms. The van der Waals surface area contributed by atoms with Gasteiger partial charge in [-0.3, -0.25) is 4.79 Å². The Bertz CT molecular complexity index is 859. The van der Waals surface area contributed by atoms with Crippen molar-refractivity contribution in [2.24, 2.45) is 0 Å². The van der Waals surface area contributed by atoms with Crippen LogP contribution in [0.3, 0.4) is 0 Å². The number of fused-ring (bicyclic) bond motifs is 1. The van der Waals surface area contributed by atoms with Crippen molar-refractivity contribution in [1.82, 2.24) is 9.88 Å². The third-order valence-electron chi connectivity index (χ3n) is 5.42. The molecule has 6 heteroatoms. The largest absolute Gasteiger partial charge is 0.361 e. The fourth-order valence-corrected chi connectivity index (χ4v) is 6.16. The van der Waals surface area contributed by atoms with Crippen LogP contribution in [0.5, 0.6) is 0 Å². The van der Waals surface area contributed by atoms with Gasteiger partial charge in [-0.05, 0) is 37.1 Å². The molecule has 1 aromatic heterocycles. The zero-order chi connectivity index (χ0) is 16.7. The summed E-state index contributed by atoms with van der Waals surface area (Å²) in [5.74, 6) is -0.0757. The molecule has 0 unspecified atom stereocenters. The molecule has 128 valence electrons. The molecule has 1 N–H and O–H groups in total. The molecule has 1 saturated heterocycles. The monoisotopic (exact) mass is 346 g/mol. The van der Waals surface area contributed by atoms with Gasteiger partial charge >= 0.3 is 0 Å². The lowest BCUT2D eigenvalue weighted by Crippen LogP contribution is -2.58. The highest BCUT2D eigenvalue weighted by molar-refractivity contribution is 7.92. The van der Waals surface area contributed by atoms with Gasteiger partial charge in [0.1, 0.15) is 0 Å². The lowest BCUT2D eigenvalue weighted by atomic mass is 10.0. The zero-order valence-corrected chi connectivity index (χ0v) is 14.4. The van der Waals surface area contributed by atoms with Crippen LogP contribution in [0, 0.1) is 0 Å². The van der Waals surface area contributed by atoms with Gasteiger partial charge in [-0.2, -0.15) is 0 Å². The van der Waals surface area contributed by atoms with E-state index in [0.717, 1.165) is 43.0 Å². The number of hydrogen-bond donors (Lipinski definition) is 1. The molecule has 1 amide bonds. The average molecular weight is 346 g/mol. The topological polar surface area (TPSA) is 70.2 Å². The summed E-state index contributed by atoms with van der Waals surface area (Å²) in [6.45, 7) is 0.672. The summed E-state index contributed by atoms with van der Waals surface area (Å²) in [5.41, 5.74) is 1.61. The minimum Gasteiger partial charge on any atom is -0.361 e. The van der Waals surface area contributed by atoms with Gasteiger partial charge in [0.05, 0.1) is 10.5 Å². The molecule has 0 atom stereocenters. The van der Waals surface area contributed by atoms with E-state index in [1.165, 1.54) is 0 Å². The highest BCUT2D eigenvalue weighted by atomic mass is 32.2. The predicted octanol–water partition coefficient (Wildman–Crippen LogP) is 2.74. The Hall–Kier alpha value is -1.82. The van der Waals surface area contributed by atoms with Crippen molar-refractivity contribution in [1.29, 1.82) is 0 Å². The third kappa shape index (κ3) is 2.62. The first-order valence-corrected chi connectivity index (χ1v) is 10.3. The first-order valence-electron chi connectivity index (χ1n) is 8.65. The number of sulfone groups is 1. The molecule has 2 aromatic rings. The SMILES string of the molecule is O=C(c1ccc2[nH]ccc2c1)N1CC(S(=O)(=O)C2CCCCC2)C1. The van der Waals surface area contributed by atoms with Crippen LogP contribution in [0.25, 0.3) is 10.9 Å². The maximum Gasteiger partial charge on any atom is 0.253 e. The first-order chi connectivity index (χ1) is 11.6. The Labute approximate surface area is 142 Å². The molecule has 1 saturated carbocycles. The van der Waals surface area contributed by atoms with E-state index in [4.69, 9.17) is 0 Å². The summed E-state index contributed by atoms with van der Waals surface area (Å²) >= 11 is 0. The molecular weight excluding hydrogens is 324 g/mol. The maximum atomic E-state index is 12.7. The molecule has 0 spiro atoms. The number of hydrogen-bond acceptors (Lipinski definition) is 3. The average Bonchev–Trinajstić information content (AvgIpc) is 3.01. The van der Waals surface area contributed by atoms with Gasteiger partial charge in [-0.1, -0.05) is 19.3 Å². The second-order valence-corrected chi connectivity index (χ2v) is 9.47. The summed E-state index contributed by atoms with van der Waals surface area (Å²) in [5, 5.41) is 0.429. The van der Waals surface area contributed by atoms with Crippen molar-refractivity contribution in [3.63, 3.8) is 0 Å². The molecule has 5 nitrogen and oxygen atoms in total. The number of likely N-dealkylation sites (tertiary alicyclic amines) is 1. The van der Waals surface area contributed by atoms with Gasteiger partial charge in [0.2, 0.25) is 0 Å². The van der Waals surface area contributed by atoms with E-state index in [-0.39, 0.29) is 16.4 Å². The number of aromatic amines is 1. The van der Waals surface area contributed by atoms with Crippen molar-refractivity contribution < 1.29 is 13.2 Å². The number of rotatable bonds is 3. The van der Waals surface area contributed by atoms with E-state index in [1.807, 2.05) is 24.4 Å². The maximum absolute atomic E-state index is 12.7. The molecular formula is C18H22N2O3S. The lowest BCUT2D eigenvalue weighted by molar-refractivity contribution is 0.0658. The van der Waals surface area contributed by atoms with E-state index in [1.54, 1.807) is 11.0 Å². The van der Waals surface area contributed by atoms with Gasteiger partial charge in [0, 0.05) is 35.8 Å². The second-order valence-electron chi connectivity index (χ2n) is 6.96. The smallest absolute Gasteiger partial charge is 0.253 e. The van der Waals surface area contributed by atoms with Crippen molar-refractivity contribution in [3.8, 4) is 0 Å². The zero-order valence-electron chi connectivity index (χ0n) is 13.6. The van der Waals surface area contributed by atoms with E-state index in [9.17, 15) is 13.2 Å². The normalized spacial score (nSPS) is 20.2. The standard InChI is InChI=1S/C18H22N2O3S/c21-18(14-6-7-17-13(10-14)8-9-19-17)20-11-16(12-20)24(22,23)15-4-2-1-3-5-15/h6-10,15-16,19H,1-5,11-12H2. The fourth-order valence-electron chi connectivity index (χ4n) is 3.85. The molecule has 0 bridgehead atoms. The summed E-state index contributed by atoms with van der Waals surface area (Å²) in [4.78, 5) is 17.3. The summed E-state index contributed by atoms with van der Waals surface area (Å²) < 4.78 is 25.3. The number of nitrogens with one attached hydrogen (secondary N) is 1. The van der Waals surface area contributed by atoms with Crippen molar-refractivity contribution in [2.75, 3.05) is 13.1 Å². The summed E-state index contributed by atoms with van der Waals surface area (Å²) in [6.07, 6.45) is 6.58. The minimum atomic E-state index is -3.10. The number of carbonyl (C=O) groups is 1. The number of H-pyrrole nitrogens is 1. The number of aromatic nitrogens is 1. The van der Waals surface area contributed by atoms with E-state index in [0.29, 0.717) is 18.7 Å². The quantitative estimate of drug-likeness (QED) is 0.929. The number of amides is 1. The Kier molecular flexibility index (Phi) is 3.87. The van der Waals surface area contributed by atoms with E-state index < -0.39 is 9.84 Å². The van der Waals surface area contributed by atoms with Crippen molar-refractivity contribution >= 4 is 26.6 Å². The number of carbonyl (C=O) groups excluding carboxylic acids is 1. The number of benzene rings is 1. The fraction of sp³-hybridized carbons (Fsp3) is 0.500. The highest BCUT2D eigenvalue weighted by Gasteiger charge is 2.43. The molecule has 2 heterocycles. The van der Waals surface area contributed by atoms with Crippen LogP contribution in [0.1, 0.15) is 42.5 Å². The Balaban J connectivity index is 1.43. The van der Waals surface area contributed by atoms with Gasteiger partial charge in [-0.25, -0.2) is 8.42 Å². The van der Waals surface area contributed by atoms with Gasteiger partial charge in [0.15, 0.2) is 9.84 Å². The molecule has 1 aliphatic heterocycles. The molecule has 1 aromatic carbocycles. The van der Waals surface area contributed by atoms with Crippen LogP contribution < -0.4 is 0 Å². The van der Waals surface area contributed by atoms with Crippen LogP contribution >= 0.6 is 0 Å². The van der Waals surface area contributed by atoms with Crippen LogP contribution in [0.15, 0.2) is 30.5 Å². The van der Waals surface area contributed by atoms with E-state index in [2.05, 4.69) is 4.98 Å².